The average Bonchev–Trinajstić information content (AvgIpc) is 2.28. The van der Waals surface area contributed by atoms with Crippen LogP contribution < -0.4 is 0 Å². The van der Waals surface area contributed by atoms with E-state index >= 15 is 0 Å². The number of pyridine rings is 1. The summed E-state index contributed by atoms with van der Waals surface area (Å²) in [4.78, 5) is 15.2. The lowest BCUT2D eigenvalue weighted by Crippen LogP contribution is -2.10. The van der Waals surface area contributed by atoms with Gasteiger partial charge in [-0.25, -0.2) is 13.8 Å². The molecule has 18 heavy (non-hydrogen) atoms. The third kappa shape index (κ3) is 3.98. The van der Waals surface area contributed by atoms with E-state index in [1.807, 2.05) is 0 Å². The Morgan fingerprint density at radius 1 is 1.56 bits per heavy atom. The molecule has 0 unspecified atom stereocenters. The molecule has 0 aliphatic carbocycles. The Bertz CT molecular complexity index is 441. The Morgan fingerprint density at radius 2 is 2.22 bits per heavy atom. The van der Waals surface area contributed by atoms with E-state index in [4.69, 9.17) is 4.74 Å². The van der Waals surface area contributed by atoms with E-state index in [1.54, 1.807) is 6.92 Å². The van der Waals surface area contributed by atoms with Crippen LogP contribution in [-0.2, 0) is 21.3 Å². The predicted molar refractivity (Wildman–Crippen MR) is 69.9 cm³/mol. The first kappa shape index (κ1) is 15.5. The van der Waals surface area contributed by atoms with Crippen LogP contribution in [0, 0.1) is 0 Å². The molecule has 0 aliphatic heterocycles. The number of halogens is 4. The Balaban J connectivity index is 3.10. The van der Waals surface area contributed by atoms with Crippen molar-refractivity contribution in [1.82, 2.24) is 4.98 Å². The highest BCUT2D eigenvalue weighted by Gasteiger charge is 2.17. The van der Waals surface area contributed by atoms with E-state index in [0.717, 1.165) is 0 Å². The predicted octanol–water partition coefficient (Wildman–Crippen LogP) is 3.78. The number of rotatable bonds is 5. The fraction of sp³-hybridized carbons (Fsp3) is 0.455. The summed E-state index contributed by atoms with van der Waals surface area (Å²) in [5, 5.41) is 0.416. The van der Waals surface area contributed by atoms with E-state index in [1.165, 1.54) is 6.07 Å². The van der Waals surface area contributed by atoms with Crippen molar-refractivity contribution in [1.29, 1.82) is 0 Å². The summed E-state index contributed by atoms with van der Waals surface area (Å²) in [7, 11) is 0. The van der Waals surface area contributed by atoms with Gasteiger partial charge in [0.15, 0.2) is 0 Å². The number of esters is 1. The minimum Gasteiger partial charge on any atom is -0.466 e. The number of carbonyl (C=O) groups excluding carboxylic acids is 1. The Labute approximate surface area is 120 Å². The van der Waals surface area contributed by atoms with Gasteiger partial charge in [0.1, 0.15) is 10.3 Å². The Kier molecular flexibility index (Phi) is 6.14. The lowest BCUT2D eigenvalue weighted by atomic mass is 10.1. The van der Waals surface area contributed by atoms with Crippen molar-refractivity contribution >= 4 is 37.8 Å². The molecule has 0 saturated heterocycles. The zero-order chi connectivity index (χ0) is 13.7. The molecule has 0 radical (unpaired) electrons. The van der Waals surface area contributed by atoms with Gasteiger partial charge in [-0.05, 0) is 40.0 Å². The molecule has 0 aliphatic rings. The molecule has 0 saturated carbocycles. The van der Waals surface area contributed by atoms with Gasteiger partial charge in [-0.3, -0.25) is 4.79 Å². The maximum absolute atomic E-state index is 12.6. The van der Waals surface area contributed by atoms with Gasteiger partial charge in [0.2, 0.25) is 0 Å². The summed E-state index contributed by atoms with van der Waals surface area (Å²) >= 11 is 6.37. The number of alkyl halides is 3. The largest absolute Gasteiger partial charge is 0.466 e. The molecule has 0 amide bonds. The van der Waals surface area contributed by atoms with Crippen molar-refractivity contribution < 1.29 is 18.3 Å². The quantitative estimate of drug-likeness (QED) is 0.439. The van der Waals surface area contributed by atoms with Crippen molar-refractivity contribution in [3.8, 4) is 0 Å². The van der Waals surface area contributed by atoms with Crippen LogP contribution in [0.2, 0.25) is 0 Å². The van der Waals surface area contributed by atoms with Crippen LogP contribution in [0.15, 0.2) is 10.7 Å². The average molecular weight is 387 g/mol. The van der Waals surface area contributed by atoms with Crippen LogP contribution in [0.1, 0.15) is 30.2 Å². The van der Waals surface area contributed by atoms with Gasteiger partial charge >= 0.3 is 5.97 Å². The second-order valence-electron chi connectivity index (χ2n) is 3.39. The molecule has 0 spiro atoms. The molecule has 0 atom stereocenters. The van der Waals surface area contributed by atoms with E-state index in [2.05, 4.69) is 36.8 Å². The summed E-state index contributed by atoms with van der Waals surface area (Å²) in [5.74, 6) is -0.446. The van der Waals surface area contributed by atoms with Gasteiger partial charge in [-0.1, -0.05) is 15.9 Å². The summed E-state index contributed by atoms with van der Waals surface area (Å²) in [6.45, 7) is 1.95. The molecule has 1 aromatic rings. The third-order valence-corrected chi connectivity index (χ3v) is 3.40. The number of carbonyl (C=O) groups is 1. The van der Waals surface area contributed by atoms with Crippen LogP contribution in [0.3, 0.4) is 0 Å². The van der Waals surface area contributed by atoms with Gasteiger partial charge in [0.05, 0.1) is 13.0 Å². The highest BCUT2D eigenvalue weighted by atomic mass is 79.9. The smallest absolute Gasteiger partial charge is 0.310 e. The minimum absolute atomic E-state index is 0.0460. The SMILES string of the molecule is CCOC(=O)Cc1cc(C(F)F)nc(Br)c1CBr. The zero-order valence-corrected chi connectivity index (χ0v) is 12.7. The first-order valence-electron chi connectivity index (χ1n) is 5.17. The lowest BCUT2D eigenvalue weighted by Gasteiger charge is -2.11. The van der Waals surface area contributed by atoms with E-state index in [0.29, 0.717) is 21.1 Å². The van der Waals surface area contributed by atoms with Crippen molar-refractivity contribution in [3.63, 3.8) is 0 Å². The highest BCUT2D eigenvalue weighted by Crippen LogP contribution is 2.27. The number of nitrogens with zero attached hydrogens (tertiary/aromatic N) is 1. The summed E-state index contributed by atoms with van der Waals surface area (Å²) in [6.07, 6.45) is -2.72. The van der Waals surface area contributed by atoms with Crippen LogP contribution in [0.5, 0.6) is 0 Å². The van der Waals surface area contributed by atoms with Crippen molar-refractivity contribution in [2.75, 3.05) is 6.61 Å². The molecule has 1 heterocycles. The monoisotopic (exact) mass is 385 g/mol. The van der Waals surface area contributed by atoms with Crippen molar-refractivity contribution in [2.45, 2.75) is 25.1 Å². The Hall–Kier alpha value is -0.560. The van der Waals surface area contributed by atoms with Gasteiger partial charge in [-0.15, -0.1) is 0 Å². The highest BCUT2D eigenvalue weighted by molar-refractivity contribution is 9.10. The summed E-state index contributed by atoms with van der Waals surface area (Å²) in [5.41, 5.74) is 0.806. The standard InChI is InChI=1S/C11H11Br2F2NO2/c1-2-18-9(17)4-6-3-8(11(14)15)16-10(13)7(6)5-12/h3,11H,2,4-5H2,1H3. The summed E-state index contributed by atoms with van der Waals surface area (Å²) < 4.78 is 30.4. The maximum Gasteiger partial charge on any atom is 0.310 e. The molecule has 3 nitrogen and oxygen atoms in total. The molecule has 1 aromatic heterocycles. The first-order chi connectivity index (χ1) is 8.49. The second kappa shape index (κ2) is 7.13. The van der Waals surface area contributed by atoms with Crippen molar-refractivity contribution in [2.24, 2.45) is 0 Å². The van der Waals surface area contributed by atoms with E-state index in [-0.39, 0.29) is 18.7 Å². The lowest BCUT2D eigenvalue weighted by molar-refractivity contribution is -0.142. The van der Waals surface area contributed by atoms with Crippen molar-refractivity contribution in [3.05, 3.63) is 27.5 Å². The van der Waals surface area contributed by atoms with E-state index in [9.17, 15) is 13.6 Å². The number of ether oxygens (including phenoxy) is 1. The topological polar surface area (TPSA) is 39.2 Å². The van der Waals surface area contributed by atoms with Crippen LogP contribution in [0.4, 0.5) is 8.78 Å². The molecule has 0 aromatic carbocycles. The second-order valence-corrected chi connectivity index (χ2v) is 4.70. The fourth-order valence-corrected chi connectivity index (χ4v) is 2.99. The summed E-state index contributed by atoms with van der Waals surface area (Å²) in [6, 6.07) is 1.24. The minimum atomic E-state index is -2.67. The van der Waals surface area contributed by atoms with Crippen LogP contribution in [-0.4, -0.2) is 17.6 Å². The molecule has 0 bridgehead atoms. The molecular formula is C11H11Br2F2NO2. The molecule has 0 fully saturated rings. The van der Waals surface area contributed by atoms with E-state index < -0.39 is 12.4 Å². The normalized spacial score (nSPS) is 10.8. The van der Waals surface area contributed by atoms with Crippen LogP contribution >= 0.6 is 31.9 Å². The van der Waals surface area contributed by atoms with Crippen LogP contribution in [0.25, 0.3) is 0 Å². The number of hydrogen-bond acceptors (Lipinski definition) is 3. The number of aromatic nitrogens is 1. The maximum atomic E-state index is 12.6. The molecule has 100 valence electrons. The molecular weight excluding hydrogens is 376 g/mol. The molecule has 0 N–H and O–H groups in total. The van der Waals surface area contributed by atoms with Gasteiger partial charge < -0.3 is 4.74 Å². The van der Waals surface area contributed by atoms with Gasteiger partial charge in [0.25, 0.3) is 6.43 Å². The third-order valence-electron chi connectivity index (χ3n) is 2.18. The first-order valence-corrected chi connectivity index (χ1v) is 7.09. The fourth-order valence-electron chi connectivity index (χ4n) is 1.39. The number of hydrogen-bond donors (Lipinski definition) is 0. The molecule has 1 rings (SSSR count). The van der Waals surface area contributed by atoms with Gasteiger partial charge in [-0.2, -0.15) is 0 Å². The molecule has 7 heteroatoms. The Morgan fingerprint density at radius 3 is 2.72 bits per heavy atom. The zero-order valence-electron chi connectivity index (χ0n) is 9.55. The van der Waals surface area contributed by atoms with Gasteiger partial charge in [0, 0.05) is 5.33 Å².